The number of hydrogen-bond acceptors (Lipinski definition) is 20. The van der Waals surface area contributed by atoms with Crippen LogP contribution in [0.25, 0.3) is 22.3 Å². The molecule has 117 heavy (non-hydrogen) atoms. The van der Waals surface area contributed by atoms with Crippen molar-refractivity contribution in [1.82, 2.24) is 84.0 Å². The predicted molar refractivity (Wildman–Crippen MR) is 469 cm³/mol. The minimum atomic E-state index is -0.644. The Balaban J connectivity index is 0.000000187. The summed E-state index contributed by atoms with van der Waals surface area (Å²) in [6.45, 7) is 36.3. The van der Waals surface area contributed by atoms with Crippen molar-refractivity contribution < 1.29 is 45.8 Å². The number of piperidine rings is 1. The molecular weight excluding hydrogens is 1840 g/mol. The van der Waals surface area contributed by atoms with Crippen LogP contribution in [0.1, 0.15) is 120 Å². The van der Waals surface area contributed by atoms with Crippen molar-refractivity contribution in [2.24, 2.45) is 0 Å². The number of hydrogen-bond donors (Lipinski definition) is 2. The molecule has 0 atom stereocenters. The second-order valence-electron chi connectivity index (χ2n) is 31.5. The summed E-state index contributed by atoms with van der Waals surface area (Å²) in [4.78, 5) is 80.7. The maximum Gasteiger partial charge on any atom is 0.410 e. The van der Waals surface area contributed by atoms with Gasteiger partial charge in [0, 0.05) is 215 Å². The highest BCUT2D eigenvalue weighted by Crippen LogP contribution is 2.38. The van der Waals surface area contributed by atoms with E-state index >= 15 is 4.39 Å². The first-order valence-corrected chi connectivity index (χ1v) is 44.0. The molecule has 2 aromatic carbocycles. The molecule has 0 spiro atoms. The van der Waals surface area contributed by atoms with E-state index in [1.165, 1.54) is 35.4 Å². The number of nitrogens with one attached hydrogen (secondary N) is 2. The fourth-order valence-corrected chi connectivity index (χ4v) is 14.3. The molecule has 8 aromatic rings. The summed E-state index contributed by atoms with van der Waals surface area (Å²) in [5.41, 5.74) is 5.71. The largest absolute Gasteiger partial charge is 0.444 e. The number of alkyl halides is 4. The zero-order chi connectivity index (χ0) is 84.5. The molecule has 2 amide bonds. The van der Waals surface area contributed by atoms with E-state index in [0.29, 0.717) is 59.5 Å². The topological polar surface area (TPSA) is 215 Å². The van der Waals surface area contributed by atoms with Gasteiger partial charge in [-0.2, -0.15) is 0 Å². The zero-order valence-electron chi connectivity index (χ0n) is 68.4. The average molecular weight is 1950 g/mol. The molecule has 5 fully saturated rings. The van der Waals surface area contributed by atoms with Crippen LogP contribution in [0, 0.1) is 11.6 Å². The average Bonchev–Trinajstić information content (AvgIpc) is 1.58. The summed E-state index contributed by atoms with van der Waals surface area (Å²) < 4.78 is 81.7. The molecule has 12 heterocycles. The summed E-state index contributed by atoms with van der Waals surface area (Å²) >= 11 is 16.1. The number of fused-ring (bicyclic) bond motifs is 3. The number of imidazole rings is 1. The van der Waals surface area contributed by atoms with E-state index < -0.39 is 17.2 Å². The summed E-state index contributed by atoms with van der Waals surface area (Å²) in [7, 11) is 0. The Morgan fingerprint density at radius 1 is 0.521 bits per heavy atom. The molecule has 0 unspecified atom stereocenters. The number of aryl methyl sites for hydroxylation is 1. The first-order valence-electron chi connectivity index (χ1n) is 39.7. The van der Waals surface area contributed by atoms with Crippen molar-refractivity contribution in [3.63, 3.8) is 0 Å². The second kappa shape index (κ2) is 48.7. The number of amides is 2. The minimum absolute atomic E-state index is 0.00294. The number of rotatable bonds is 17. The monoisotopic (exact) mass is 1940 g/mol. The van der Waals surface area contributed by atoms with Crippen LogP contribution in [0.15, 0.2) is 134 Å². The van der Waals surface area contributed by atoms with Crippen LogP contribution in [0.4, 0.5) is 43.3 Å². The summed E-state index contributed by atoms with van der Waals surface area (Å²) in [5.74, 6) is 0.365. The number of benzene rings is 2. The fraction of sp³-hybridized carbons (Fsp3) is 0.524. The van der Waals surface area contributed by atoms with Gasteiger partial charge in [0.15, 0.2) is 17.9 Å². The maximum atomic E-state index is 15.1. The lowest BCUT2D eigenvalue weighted by Gasteiger charge is -2.35. The van der Waals surface area contributed by atoms with Gasteiger partial charge in [-0.1, -0.05) is 62.2 Å². The number of carbonyl (C=O) groups excluding carboxylic acids is 3. The first-order chi connectivity index (χ1) is 56.0. The number of ether oxygens (including phenoxy) is 2. The maximum absolute atomic E-state index is 15.1. The SMILES string of the molecule is Brc1ccc(CN2CCNCC2)cc1.CC(C)(C)OC(=O)N1CCCCC1.CC(C)(C)OC(=O)N1CCN(Cc2ccc(Br)nc2)CC1.CC1(C)CCc2nc3c(F)cc(-c4nc(Nc5ccc(CN6CCN(CCF)CC6)cn5)ncc4F)cc3n21.FCCBr.FCCN1CCN(Cc2ccc(Br)nc2)CC1.O=Cc1ccc(Br)nc1. The van der Waals surface area contributed by atoms with E-state index in [-0.39, 0.29) is 55.0 Å². The number of carbonyl (C=O) groups is 3. The van der Waals surface area contributed by atoms with Gasteiger partial charge in [0.05, 0.1) is 18.4 Å². The van der Waals surface area contributed by atoms with Crippen LogP contribution in [0.5, 0.6) is 0 Å². The van der Waals surface area contributed by atoms with Crippen molar-refractivity contribution in [2.45, 2.75) is 130 Å². The minimum Gasteiger partial charge on any atom is -0.444 e. The van der Waals surface area contributed by atoms with E-state index in [2.05, 4.69) is 205 Å². The molecule has 638 valence electrons. The van der Waals surface area contributed by atoms with Gasteiger partial charge in [-0.15, -0.1) is 0 Å². The fourth-order valence-electron chi connectivity index (χ4n) is 13.4. The summed E-state index contributed by atoms with van der Waals surface area (Å²) in [6, 6.07) is 26.9. The van der Waals surface area contributed by atoms with Crippen LogP contribution < -0.4 is 10.6 Å². The van der Waals surface area contributed by atoms with Gasteiger partial charge in [-0.3, -0.25) is 38.6 Å². The van der Waals surface area contributed by atoms with E-state index in [9.17, 15) is 31.9 Å². The van der Waals surface area contributed by atoms with E-state index in [1.54, 1.807) is 34.2 Å². The Labute approximate surface area is 728 Å². The van der Waals surface area contributed by atoms with Crippen LogP contribution in [0.2, 0.25) is 0 Å². The molecule has 6 aromatic heterocycles. The highest BCUT2D eigenvalue weighted by molar-refractivity contribution is 9.11. The number of aromatic nitrogens is 8. The van der Waals surface area contributed by atoms with Gasteiger partial charge < -0.3 is 34.5 Å². The molecule has 0 saturated carbocycles. The van der Waals surface area contributed by atoms with Crippen molar-refractivity contribution in [2.75, 3.05) is 162 Å². The molecule has 0 aliphatic carbocycles. The molecule has 6 aliphatic heterocycles. The van der Waals surface area contributed by atoms with Crippen LogP contribution in [0.3, 0.4) is 0 Å². The highest BCUT2D eigenvalue weighted by Gasteiger charge is 2.34. The Morgan fingerprint density at radius 3 is 1.43 bits per heavy atom. The quantitative estimate of drug-likeness (QED) is 0.0375. The normalized spacial score (nSPS) is 16.8. The smallest absolute Gasteiger partial charge is 0.410 e. The lowest BCUT2D eigenvalue weighted by molar-refractivity contribution is 0.0137. The number of pyridine rings is 4. The van der Waals surface area contributed by atoms with Crippen LogP contribution >= 0.6 is 79.6 Å². The first kappa shape index (κ1) is 95.8. The van der Waals surface area contributed by atoms with Gasteiger partial charge >= 0.3 is 12.2 Å². The number of halogens is 10. The molecule has 33 heteroatoms. The van der Waals surface area contributed by atoms with E-state index in [4.69, 9.17) is 9.47 Å². The number of piperazine rings is 4. The number of aldehydes is 1. The van der Waals surface area contributed by atoms with Gasteiger partial charge in [-0.25, -0.2) is 62.0 Å². The lowest BCUT2D eigenvalue weighted by atomic mass is 10.0. The van der Waals surface area contributed by atoms with Crippen LogP contribution in [-0.2, 0) is 47.6 Å². The highest BCUT2D eigenvalue weighted by atomic mass is 79.9. The van der Waals surface area contributed by atoms with Crippen LogP contribution in [-0.4, -0.2) is 265 Å². The summed E-state index contributed by atoms with van der Waals surface area (Å²) in [6.07, 6.45) is 13.7. The third-order valence-electron chi connectivity index (χ3n) is 19.5. The van der Waals surface area contributed by atoms with E-state index in [1.807, 2.05) is 82.8 Å². The molecule has 5 saturated heterocycles. The number of likely N-dealkylation sites (tertiary alicyclic amines) is 1. The van der Waals surface area contributed by atoms with Gasteiger partial charge in [0.2, 0.25) is 5.95 Å². The molecule has 14 rings (SSSR count). The van der Waals surface area contributed by atoms with Crippen molar-refractivity contribution in [3.05, 3.63) is 179 Å². The number of nitrogens with zero attached hydrogens (tertiary/aromatic N) is 16. The molecule has 0 radical (unpaired) electrons. The third-order valence-corrected chi connectivity index (χ3v) is 21.7. The molecule has 2 N–H and O–H groups in total. The van der Waals surface area contributed by atoms with E-state index in [0.717, 1.165) is 199 Å². The van der Waals surface area contributed by atoms with Crippen molar-refractivity contribution in [1.29, 1.82) is 0 Å². The molecule has 6 aliphatic rings. The predicted octanol–water partition coefficient (Wildman–Crippen LogP) is 16.8. The Morgan fingerprint density at radius 2 is 0.974 bits per heavy atom. The van der Waals surface area contributed by atoms with Gasteiger partial charge in [0.1, 0.15) is 61.2 Å². The van der Waals surface area contributed by atoms with Crippen molar-refractivity contribution >= 4 is 121 Å². The standard InChI is InChI=1S/C28H31F3N8.C15H22BrN3O2.C12H17BrFN3.C11H15BrN2.C10H19NO2.C6H4BrNO.C2H4BrF/c1-28(2)6-5-24-35-26-20(30)13-19(14-22(26)39(24)28)25-21(31)16-33-27(36-25)34-23-4-3-18(15-32-23)17-38-11-9-37(8-7-29)10-12-38;1-15(2,3)21-14(20)19-8-6-18(7-9-19)11-12-4-5-13(16)17-10-12;13-12-2-1-11(9-15-12)10-17-7-5-16(4-3-14)6-8-17;12-11-3-1-10(2-4-11)9-14-7-5-13-6-8-14;1-10(2,3)13-9(12)11-7-5-4-6-8-11;7-6-2-1-5(4-9)3-8-6;3-1-2-4/h3-4,13-16H,5-12,17H2,1-2H3,(H,32,33,34,36);4-5,10H,6-9,11H2,1-3H3;1-2,9H,3-8,10H2;1-4,13H,5-9H2;4-8H2,1-3H3;1-4H;1-2H2. The molecule has 23 nitrogen and oxygen atoms in total. The Bertz CT molecular complexity index is 4270. The van der Waals surface area contributed by atoms with Gasteiger partial charge in [-0.05, 0) is 206 Å². The lowest BCUT2D eigenvalue weighted by Crippen LogP contribution is -2.49. The third kappa shape index (κ3) is 33.7. The Hall–Kier alpha value is -6.63. The molecule has 0 bridgehead atoms. The summed E-state index contributed by atoms with van der Waals surface area (Å²) in [5, 5.41) is 6.85. The number of anilines is 2. The Kier molecular flexibility index (Phi) is 39.9. The second-order valence-corrected chi connectivity index (χ2v) is 35.6. The van der Waals surface area contributed by atoms with Gasteiger partial charge in [0.25, 0.3) is 0 Å². The molecular formula is C84H112Br5F5N18O5. The van der Waals surface area contributed by atoms with Crippen molar-refractivity contribution in [3.8, 4) is 11.3 Å². The zero-order valence-corrected chi connectivity index (χ0v) is 76.3.